The van der Waals surface area contributed by atoms with Crippen molar-refractivity contribution in [1.29, 1.82) is 0 Å². The molecule has 7 heteroatoms. The van der Waals surface area contributed by atoms with Crippen LogP contribution in [0.2, 0.25) is 0 Å². The first-order valence-electron chi connectivity index (χ1n) is 7.40. The number of aliphatic hydroxyl groups excluding tert-OH is 1. The van der Waals surface area contributed by atoms with Gasteiger partial charge < -0.3 is 20.6 Å². The first-order chi connectivity index (χ1) is 9.93. The Labute approximate surface area is 125 Å². The number of likely N-dealkylation sites (tertiary alicyclic amines) is 1. The number of carbonyl (C=O) groups is 1. The van der Waals surface area contributed by atoms with Gasteiger partial charge in [0.05, 0.1) is 17.5 Å². The Morgan fingerprint density at radius 3 is 2.90 bits per heavy atom. The van der Waals surface area contributed by atoms with E-state index in [1.165, 1.54) is 0 Å². The van der Waals surface area contributed by atoms with Gasteiger partial charge in [-0.25, -0.2) is 0 Å². The van der Waals surface area contributed by atoms with Gasteiger partial charge in [-0.1, -0.05) is 13.3 Å². The molecular weight excluding hydrogens is 270 g/mol. The van der Waals surface area contributed by atoms with Crippen LogP contribution >= 0.6 is 0 Å². The number of hydrogen-bond donors (Lipinski definition) is 3. The Morgan fingerprint density at radius 2 is 2.29 bits per heavy atom. The summed E-state index contributed by atoms with van der Waals surface area (Å²) in [6, 6.07) is -0.00627. The summed E-state index contributed by atoms with van der Waals surface area (Å²) in [5.74, 6) is -0.200. The lowest BCUT2D eigenvalue weighted by atomic mass is 10.1. The van der Waals surface area contributed by atoms with E-state index in [4.69, 9.17) is 5.73 Å². The number of β-amino-alcohol motifs (C(OH)–C–C–N with tert-alkyl or cyclic N) is 1. The normalized spacial score (nSPS) is 22.2. The van der Waals surface area contributed by atoms with Crippen molar-refractivity contribution in [2.24, 2.45) is 0 Å². The van der Waals surface area contributed by atoms with Gasteiger partial charge in [-0.2, -0.15) is 5.10 Å². The average Bonchev–Trinajstić information content (AvgIpc) is 2.93. The molecule has 1 amide bonds. The average molecular weight is 295 g/mol. The molecule has 4 N–H and O–H groups in total. The number of hydrogen-bond acceptors (Lipinski definition) is 5. The van der Waals surface area contributed by atoms with Gasteiger partial charge in [0.15, 0.2) is 5.69 Å². The first-order valence-corrected chi connectivity index (χ1v) is 7.40. The molecule has 2 rings (SSSR count). The molecule has 2 atom stereocenters. The number of nitrogens with two attached hydrogens (primary N) is 1. The summed E-state index contributed by atoms with van der Waals surface area (Å²) in [6.07, 6.45) is 1.83. The Balaban J connectivity index is 2.18. The van der Waals surface area contributed by atoms with Gasteiger partial charge in [-0.3, -0.25) is 9.89 Å². The molecule has 0 aliphatic carbocycles. The van der Waals surface area contributed by atoms with Gasteiger partial charge in [-0.05, 0) is 26.9 Å². The maximum absolute atomic E-state index is 12.7. The first kappa shape index (κ1) is 15.8. The van der Waals surface area contributed by atoms with Crippen LogP contribution in [0.15, 0.2) is 0 Å². The maximum Gasteiger partial charge on any atom is 0.276 e. The van der Waals surface area contributed by atoms with Crippen LogP contribution in [0.5, 0.6) is 0 Å². The van der Waals surface area contributed by atoms with Crippen molar-refractivity contribution >= 4 is 11.6 Å². The zero-order valence-corrected chi connectivity index (χ0v) is 13.0. The van der Waals surface area contributed by atoms with Crippen LogP contribution in [0.3, 0.4) is 0 Å². The van der Waals surface area contributed by atoms with E-state index < -0.39 is 6.10 Å². The number of anilines is 1. The second kappa shape index (κ2) is 6.44. The number of likely N-dealkylation sites (N-methyl/N-ethyl adjacent to an activating group) is 1. The lowest BCUT2D eigenvalue weighted by molar-refractivity contribution is 0.0694. The van der Waals surface area contributed by atoms with Crippen molar-refractivity contribution in [3.63, 3.8) is 0 Å². The minimum atomic E-state index is -0.478. The molecule has 118 valence electrons. The predicted molar refractivity (Wildman–Crippen MR) is 81.0 cm³/mol. The minimum Gasteiger partial charge on any atom is -0.395 e. The van der Waals surface area contributed by atoms with Crippen LogP contribution in [0.1, 0.15) is 35.9 Å². The molecule has 0 spiro atoms. The number of nitrogens with one attached hydrogen (secondary N) is 1. The summed E-state index contributed by atoms with van der Waals surface area (Å²) < 4.78 is 0. The molecule has 1 aromatic rings. The van der Waals surface area contributed by atoms with Crippen LogP contribution in [0.25, 0.3) is 0 Å². The molecule has 2 unspecified atom stereocenters. The number of aryl methyl sites for hydroxylation is 1. The lowest BCUT2D eigenvalue weighted by Crippen LogP contribution is -2.41. The van der Waals surface area contributed by atoms with E-state index in [1.54, 1.807) is 4.90 Å². The molecule has 1 aliphatic rings. The third-order valence-electron chi connectivity index (χ3n) is 3.81. The summed E-state index contributed by atoms with van der Waals surface area (Å²) in [7, 11) is 3.91. The number of aromatic nitrogens is 2. The molecule has 2 heterocycles. The van der Waals surface area contributed by atoms with Crippen molar-refractivity contribution in [3.8, 4) is 0 Å². The van der Waals surface area contributed by atoms with Crippen molar-refractivity contribution in [2.75, 3.05) is 32.9 Å². The molecule has 0 bridgehead atoms. The van der Waals surface area contributed by atoms with E-state index in [1.807, 2.05) is 25.9 Å². The van der Waals surface area contributed by atoms with E-state index in [-0.39, 0.29) is 17.6 Å². The van der Waals surface area contributed by atoms with Gasteiger partial charge in [0.2, 0.25) is 0 Å². The second-order valence-electron chi connectivity index (χ2n) is 5.98. The highest BCUT2D eigenvalue weighted by molar-refractivity contribution is 5.98. The van der Waals surface area contributed by atoms with E-state index in [9.17, 15) is 9.90 Å². The molecular formula is C14H25N5O2. The zero-order chi connectivity index (χ0) is 15.6. The molecule has 0 saturated carbocycles. The molecule has 1 saturated heterocycles. The predicted octanol–water partition coefficient (Wildman–Crippen LogP) is 0.0814. The van der Waals surface area contributed by atoms with E-state index in [0.29, 0.717) is 18.7 Å². The van der Waals surface area contributed by atoms with Gasteiger partial charge >= 0.3 is 0 Å². The third-order valence-corrected chi connectivity index (χ3v) is 3.81. The monoisotopic (exact) mass is 295 g/mol. The van der Waals surface area contributed by atoms with E-state index >= 15 is 0 Å². The summed E-state index contributed by atoms with van der Waals surface area (Å²) in [4.78, 5) is 16.4. The van der Waals surface area contributed by atoms with Crippen molar-refractivity contribution in [3.05, 3.63) is 11.4 Å². The van der Waals surface area contributed by atoms with Crippen LogP contribution < -0.4 is 5.73 Å². The van der Waals surface area contributed by atoms with Gasteiger partial charge in [0, 0.05) is 19.1 Å². The quantitative estimate of drug-likeness (QED) is 0.714. The van der Waals surface area contributed by atoms with Crippen LogP contribution in [-0.2, 0) is 6.42 Å². The second-order valence-corrected chi connectivity index (χ2v) is 5.98. The Kier molecular flexibility index (Phi) is 4.84. The Hall–Kier alpha value is -1.60. The van der Waals surface area contributed by atoms with Crippen LogP contribution in [0, 0.1) is 0 Å². The fourth-order valence-electron chi connectivity index (χ4n) is 2.86. The summed E-state index contributed by atoms with van der Waals surface area (Å²) in [5, 5.41) is 16.8. The van der Waals surface area contributed by atoms with Gasteiger partial charge in [-0.15, -0.1) is 0 Å². The number of H-pyrrole nitrogens is 1. The molecule has 1 aromatic heterocycles. The number of rotatable bonds is 5. The highest BCUT2D eigenvalue weighted by Gasteiger charge is 2.36. The molecule has 21 heavy (non-hydrogen) atoms. The van der Waals surface area contributed by atoms with E-state index in [2.05, 4.69) is 10.2 Å². The number of amides is 1. The number of carbonyl (C=O) groups excluding carboxylic acids is 1. The summed E-state index contributed by atoms with van der Waals surface area (Å²) in [5.41, 5.74) is 7.55. The van der Waals surface area contributed by atoms with Crippen molar-refractivity contribution in [1.82, 2.24) is 20.0 Å². The van der Waals surface area contributed by atoms with Crippen LogP contribution in [-0.4, -0.2) is 70.3 Å². The Morgan fingerprint density at radius 1 is 1.57 bits per heavy atom. The summed E-state index contributed by atoms with van der Waals surface area (Å²) >= 11 is 0. The van der Waals surface area contributed by atoms with E-state index in [0.717, 1.165) is 25.1 Å². The smallest absolute Gasteiger partial charge is 0.276 e. The molecule has 1 aliphatic heterocycles. The third kappa shape index (κ3) is 3.36. The highest BCUT2D eigenvalue weighted by atomic mass is 16.3. The van der Waals surface area contributed by atoms with Crippen molar-refractivity contribution < 1.29 is 9.90 Å². The highest BCUT2D eigenvalue weighted by Crippen LogP contribution is 2.24. The fourth-order valence-corrected chi connectivity index (χ4v) is 2.86. The largest absolute Gasteiger partial charge is 0.395 e. The maximum atomic E-state index is 12.7. The van der Waals surface area contributed by atoms with Gasteiger partial charge in [0.1, 0.15) is 0 Å². The topological polar surface area (TPSA) is 98.5 Å². The van der Waals surface area contributed by atoms with Crippen molar-refractivity contribution in [2.45, 2.75) is 38.3 Å². The number of aromatic amines is 1. The minimum absolute atomic E-state index is 0.00627. The zero-order valence-electron chi connectivity index (χ0n) is 13.0. The molecule has 0 radical (unpaired) electrons. The molecule has 7 nitrogen and oxygen atoms in total. The fraction of sp³-hybridized carbons (Fsp3) is 0.714. The number of aliphatic hydroxyl groups is 1. The van der Waals surface area contributed by atoms with Gasteiger partial charge in [0.25, 0.3) is 5.91 Å². The molecule has 0 aromatic carbocycles. The van der Waals surface area contributed by atoms with Crippen LogP contribution in [0.4, 0.5) is 5.69 Å². The Bertz CT molecular complexity index is 500. The lowest BCUT2D eigenvalue weighted by Gasteiger charge is -2.26. The number of nitrogen functional groups attached to an aromatic ring is 1. The molecule has 1 fully saturated rings. The number of nitrogens with zero attached hydrogens (tertiary/aromatic N) is 3. The summed E-state index contributed by atoms with van der Waals surface area (Å²) in [6.45, 7) is 3.10. The standard InChI is InChI=1S/C14H25N5O2/c1-4-5-11-12(15)13(17-16-11)14(21)19-8-10(20)6-9(19)7-18(2)3/h9-10,20H,4-8,15H2,1-3H3,(H,16,17). The SMILES string of the molecule is CCCc1[nH]nc(C(=O)N2CC(O)CC2CN(C)C)c1N.